The molecule has 3 aromatic rings. The molecule has 0 radical (unpaired) electrons. The largest absolute Gasteiger partial charge is 0.495 e. The van der Waals surface area contributed by atoms with Gasteiger partial charge in [-0.25, -0.2) is 8.42 Å². The highest BCUT2D eigenvalue weighted by molar-refractivity contribution is 7.93. The van der Waals surface area contributed by atoms with E-state index in [1.54, 1.807) is 55.5 Å². The molecule has 3 rings (SSSR count). The van der Waals surface area contributed by atoms with Gasteiger partial charge in [0.2, 0.25) is 5.91 Å². The molecule has 0 atom stereocenters. The Hall–Kier alpha value is -3.03. The monoisotopic (exact) mass is 486 g/mol. The Bertz CT molecular complexity index is 1290. The molecule has 33 heavy (non-hydrogen) atoms. The van der Waals surface area contributed by atoms with Gasteiger partial charge in [0.1, 0.15) is 17.2 Å². The second kappa shape index (κ2) is 9.85. The first-order valence-corrected chi connectivity index (χ1v) is 12.1. The van der Waals surface area contributed by atoms with Crippen molar-refractivity contribution in [3.63, 3.8) is 0 Å². The molecule has 0 aliphatic carbocycles. The van der Waals surface area contributed by atoms with Gasteiger partial charge in [0, 0.05) is 10.7 Å². The molecule has 0 unspecified atom stereocenters. The number of amides is 1. The molecule has 0 spiro atoms. The standard InChI is InChI=1S/C25H27ClN2O4S/c1-16-6-9-23(32-5)24(13-16)33(30,31)28(21-11-17(2)10-18(3)12-21)15-25(29)27-22-8-7-20(26)14-19(22)4/h6-14H,15H2,1-5H3,(H,27,29). The Morgan fingerprint density at radius 2 is 1.61 bits per heavy atom. The normalized spacial score (nSPS) is 11.2. The summed E-state index contributed by atoms with van der Waals surface area (Å²) < 4.78 is 34.1. The van der Waals surface area contributed by atoms with E-state index in [2.05, 4.69) is 5.32 Å². The van der Waals surface area contributed by atoms with Crippen molar-refractivity contribution >= 4 is 38.9 Å². The van der Waals surface area contributed by atoms with Crippen LogP contribution in [0.15, 0.2) is 59.5 Å². The van der Waals surface area contributed by atoms with Crippen molar-refractivity contribution in [3.05, 3.63) is 81.9 Å². The maximum absolute atomic E-state index is 13.8. The van der Waals surface area contributed by atoms with Gasteiger partial charge in [-0.2, -0.15) is 0 Å². The van der Waals surface area contributed by atoms with Gasteiger partial charge < -0.3 is 10.1 Å². The summed E-state index contributed by atoms with van der Waals surface area (Å²) in [7, 11) is -2.71. The molecule has 0 fully saturated rings. The molecule has 6 nitrogen and oxygen atoms in total. The zero-order chi connectivity index (χ0) is 24.3. The van der Waals surface area contributed by atoms with Gasteiger partial charge in [-0.15, -0.1) is 0 Å². The lowest BCUT2D eigenvalue weighted by Gasteiger charge is -2.26. The number of carbonyl (C=O) groups is 1. The van der Waals surface area contributed by atoms with E-state index in [0.717, 1.165) is 26.6 Å². The summed E-state index contributed by atoms with van der Waals surface area (Å²) in [5.74, 6) is -0.265. The van der Waals surface area contributed by atoms with Crippen LogP contribution in [0.2, 0.25) is 5.02 Å². The molecule has 1 amide bonds. The highest BCUT2D eigenvalue weighted by Crippen LogP contribution is 2.32. The first-order chi connectivity index (χ1) is 15.5. The van der Waals surface area contributed by atoms with Crippen LogP contribution in [0, 0.1) is 27.7 Å². The fraction of sp³-hybridized carbons (Fsp3) is 0.240. The molecule has 0 heterocycles. The van der Waals surface area contributed by atoms with Crippen LogP contribution in [0.5, 0.6) is 5.75 Å². The van der Waals surface area contributed by atoms with Crippen LogP contribution >= 0.6 is 11.6 Å². The molecule has 0 bridgehead atoms. The number of nitrogens with zero attached hydrogens (tertiary/aromatic N) is 1. The zero-order valence-corrected chi connectivity index (χ0v) is 20.8. The SMILES string of the molecule is COc1ccc(C)cc1S(=O)(=O)N(CC(=O)Nc1ccc(Cl)cc1C)c1cc(C)cc(C)c1. The van der Waals surface area contributed by atoms with E-state index < -0.39 is 22.5 Å². The van der Waals surface area contributed by atoms with Gasteiger partial charge in [-0.1, -0.05) is 23.7 Å². The number of carbonyl (C=O) groups excluding carboxylic acids is 1. The fourth-order valence-corrected chi connectivity index (χ4v) is 5.48. The minimum absolute atomic E-state index is 0.000340. The molecule has 174 valence electrons. The second-order valence-electron chi connectivity index (χ2n) is 8.02. The lowest BCUT2D eigenvalue weighted by atomic mass is 10.1. The third-order valence-corrected chi connectivity index (χ3v) is 7.16. The third kappa shape index (κ3) is 5.67. The third-order valence-electron chi connectivity index (χ3n) is 5.13. The highest BCUT2D eigenvalue weighted by Gasteiger charge is 2.30. The Kier molecular flexibility index (Phi) is 7.34. The van der Waals surface area contributed by atoms with E-state index in [4.69, 9.17) is 16.3 Å². The van der Waals surface area contributed by atoms with Gasteiger partial charge in [-0.3, -0.25) is 9.10 Å². The summed E-state index contributed by atoms with van der Waals surface area (Å²) in [5.41, 5.74) is 4.27. The van der Waals surface area contributed by atoms with Gasteiger partial charge in [0.15, 0.2) is 0 Å². The molecule has 0 aliphatic rings. The number of halogens is 1. The first-order valence-electron chi connectivity index (χ1n) is 10.3. The average molecular weight is 487 g/mol. The lowest BCUT2D eigenvalue weighted by molar-refractivity contribution is -0.114. The maximum Gasteiger partial charge on any atom is 0.268 e. The van der Waals surface area contributed by atoms with Gasteiger partial charge in [0.25, 0.3) is 10.0 Å². The van der Waals surface area contributed by atoms with Gasteiger partial charge in [-0.05, 0) is 92.4 Å². The summed E-state index contributed by atoms with van der Waals surface area (Å²) in [6.07, 6.45) is 0. The van der Waals surface area contributed by atoms with E-state index in [1.807, 2.05) is 26.8 Å². The van der Waals surface area contributed by atoms with Crippen molar-refractivity contribution in [1.82, 2.24) is 0 Å². The number of sulfonamides is 1. The number of anilines is 2. The molecule has 0 aromatic heterocycles. The molecule has 1 N–H and O–H groups in total. The zero-order valence-electron chi connectivity index (χ0n) is 19.3. The number of aryl methyl sites for hydroxylation is 4. The number of hydrogen-bond donors (Lipinski definition) is 1. The molecular weight excluding hydrogens is 460 g/mol. The van der Waals surface area contributed by atoms with E-state index in [-0.39, 0.29) is 10.6 Å². The number of hydrogen-bond acceptors (Lipinski definition) is 4. The average Bonchev–Trinajstić information content (AvgIpc) is 2.73. The van der Waals surface area contributed by atoms with Crippen LogP contribution < -0.4 is 14.4 Å². The maximum atomic E-state index is 13.8. The Balaban J connectivity index is 2.07. The van der Waals surface area contributed by atoms with Crippen LogP contribution in [0.1, 0.15) is 22.3 Å². The predicted molar refractivity (Wildman–Crippen MR) is 133 cm³/mol. The van der Waals surface area contributed by atoms with Gasteiger partial charge >= 0.3 is 0 Å². The van der Waals surface area contributed by atoms with Crippen molar-refractivity contribution in [2.24, 2.45) is 0 Å². The summed E-state index contributed by atoms with van der Waals surface area (Å²) in [6.45, 7) is 6.97. The predicted octanol–water partition coefficient (Wildman–Crippen LogP) is 5.42. The quantitative estimate of drug-likeness (QED) is 0.484. The minimum atomic E-state index is -4.13. The molecule has 0 saturated heterocycles. The topological polar surface area (TPSA) is 75.7 Å². The molecule has 3 aromatic carbocycles. The van der Waals surface area contributed by atoms with Crippen molar-refractivity contribution in [2.45, 2.75) is 32.6 Å². The molecular formula is C25H27ClN2O4S. The number of methoxy groups -OCH3 is 1. The fourth-order valence-electron chi connectivity index (χ4n) is 3.60. The number of nitrogens with one attached hydrogen (secondary N) is 1. The van der Waals surface area contributed by atoms with Crippen LogP contribution in [0.25, 0.3) is 0 Å². The van der Waals surface area contributed by atoms with E-state index in [9.17, 15) is 13.2 Å². The van der Waals surface area contributed by atoms with Gasteiger partial charge in [0.05, 0.1) is 12.8 Å². The van der Waals surface area contributed by atoms with Crippen LogP contribution in [0.3, 0.4) is 0 Å². The number of benzene rings is 3. The molecule has 0 aliphatic heterocycles. The number of rotatable bonds is 7. The minimum Gasteiger partial charge on any atom is -0.495 e. The lowest BCUT2D eigenvalue weighted by Crippen LogP contribution is -2.38. The van der Waals surface area contributed by atoms with Crippen molar-refractivity contribution in [2.75, 3.05) is 23.3 Å². The number of ether oxygens (including phenoxy) is 1. The van der Waals surface area contributed by atoms with Crippen LogP contribution in [-0.4, -0.2) is 28.0 Å². The van der Waals surface area contributed by atoms with Crippen molar-refractivity contribution in [1.29, 1.82) is 0 Å². The Labute approximate surface area is 200 Å². The van der Waals surface area contributed by atoms with E-state index in [0.29, 0.717) is 16.4 Å². The van der Waals surface area contributed by atoms with Crippen molar-refractivity contribution < 1.29 is 17.9 Å². The van der Waals surface area contributed by atoms with E-state index >= 15 is 0 Å². The van der Waals surface area contributed by atoms with Crippen molar-refractivity contribution in [3.8, 4) is 5.75 Å². The molecule has 8 heteroatoms. The molecule has 0 saturated carbocycles. The summed E-state index contributed by atoms with van der Waals surface area (Å²) in [5, 5.41) is 3.35. The van der Waals surface area contributed by atoms with Crippen LogP contribution in [-0.2, 0) is 14.8 Å². The smallest absolute Gasteiger partial charge is 0.268 e. The summed E-state index contributed by atoms with van der Waals surface area (Å²) in [6, 6.07) is 15.4. The highest BCUT2D eigenvalue weighted by atomic mass is 35.5. The Morgan fingerprint density at radius 1 is 0.939 bits per heavy atom. The summed E-state index contributed by atoms with van der Waals surface area (Å²) in [4.78, 5) is 13.0. The summed E-state index contributed by atoms with van der Waals surface area (Å²) >= 11 is 6.00. The second-order valence-corrected chi connectivity index (χ2v) is 10.3. The van der Waals surface area contributed by atoms with Crippen LogP contribution in [0.4, 0.5) is 11.4 Å². The Morgan fingerprint density at radius 3 is 2.21 bits per heavy atom. The first kappa shape index (κ1) is 24.6. The van der Waals surface area contributed by atoms with E-state index in [1.165, 1.54) is 7.11 Å².